The second kappa shape index (κ2) is 8.30. The van der Waals surface area contributed by atoms with Crippen molar-refractivity contribution in [1.82, 2.24) is 0 Å². The molecule has 0 aliphatic carbocycles. The monoisotopic (exact) mass is 262 g/mol. The molecule has 0 aromatic heterocycles. The van der Waals surface area contributed by atoms with Crippen molar-refractivity contribution in [2.75, 3.05) is 20.3 Å². The molecule has 4 nitrogen and oxygen atoms in total. The highest BCUT2D eigenvalue weighted by atomic mass is 16.7. The minimum absolute atomic E-state index is 0.360. The van der Waals surface area contributed by atoms with E-state index in [1.807, 2.05) is 13.8 Å². The van der Waals surface area contributed by atoms with E-state index in [0.717, 1.165) is 5.56 Å². The number of benzene rings is 1. The van der Waals surface area contributed by atoms with Crippen molar-refractivity contribution in [1.29, 1.82) is 0 Å². The molecule has 0 radical (unpaired) electrons. The van der Waals surface area contributed by atoms with E-state index in [1.54, 1.807) is 24.3 Å². The van der Waals surface area contributed by atoms with Crippen LogP contribution in [0.1, 0.15) is 29.8 Å². The normalized spacial score (nSPS) is 9.89. The maximum Gasteiger partial charge on any atom is 0.337 e. The van der Waals surface area contributed by atoms with Crippen LogP contribution in [0.15, 0.2) is 24.3 Å². The van der Waals surface area contributed by atoms with Crippen LogP contribution in [0.4, 0.5) is 0 Å². The molecular weight excluding hydrogens is 244 g/mol. The van der Waals surface area contributed by atoms with Gasteiger partial charge in [0.05, 0.1) is 12.7 Å². The van der Waals surface area contributed by atoms with Crippen LogP contribution in [0.3, 0.4) is 0 Å². The first kappa shape index (κ1) is 15.2. The van der Waals surface area contributed by atoms with Gasteiger partial charge < -0.3 is 14.2 Å². The fourth-order valence-corrected chi connectivity index (χ4v) is 1.38. The van der Waals surface area contributed by atoms with Crippen LogP contribution in [0.2, 0.25) is 0 Å². The first-order chi connectivity index (χ1) is 9.21. The molecule has 0 unspecified atom stereocenters. The van der Waals surface area contributed by atoms with E-state index in [0.29, 0.717) is 18.8 Å². The molecule has 0 bridgehead atoms. The topological polar surface area (TPSA) is 44.8 Å². The molecule has 102 valence electrons. The van der Waals surface area contributed by atoms with Crippen LogP contribution in [0.5, 0.6) is 0 Å². The Morgan fingerprint density at radius 2 is 1.74 bits per heavy atom. The van der Waals surface area contributed by atoms with E-state index in [9.17, 15) is 4.79 Å². The molecule has 0 amide bonds. The Balaban J connectivity index is 2.74. The number of hydrogen-bond donors (Lipinski definition) is 0. The van der Waals surface area contributed by atoms with Gasteiger partial charge in [-0.2, -0.15) is 0 Å². The zero-order valence-electron chi connectivity index (χ0n) is 11.4. The summed E-state index contributed by atoms with van der Waals surface area (Å²) in [6.45, 7) is 4.86. The average Bonchev–Trinajstić information content (AvgIpc) is 2.45. The lowest BCUT2D eigenvalue weighted by Gasteiger charge is -2.09. The van der Waals surface area contributed by atoms with Gasteiger partial charge in [0.15, 0.2) is 0 Å². The Bertz CT molecular complexity index is 447. The molecular formula is C15H18O4. The van der Waals surface area contributed by atoms with Crippen LogP contribution in [0.25, 0.3) is 0 Å². The van der Waals surface area contributed by atoms with Gasteiger partial charge in [-0.1, -0.05) is 5.92 Å². The highest BCUT2D eigenvalue weighted by Crippen LogP contribution is 2.05. The predicted octanol–water partition coefficient (Wildman–Crippen LogP) is 2.22. The van der Waals surface area contributed by atoms with Crippen molar-refractivity contribution in [2.24, 2.45) is 0 Å². The number of carbonyl (C=O) groups is 1. The van der Waals surface area contributed by atoms with Crippen molar-refractivity contribution < 1.29 is 19.0 Å². The van der Waals surface area contributed by atoms with Crippen LogP contribution in [-0.2, 0) is 14.2 Å². The van der Waals surface area contributed by atoms with E-state index < -0.39 is 6.29 Å². The maximum absolute atomic E-state index is 11.3. The first-order valence-electron chi connectivity index (χ1n) is 6.14. The largest absolute Gasteiger partial charge is 0.465 e. The van der Waals surface area contributed by atoms with Crippen molar-refractivity contribution in [3.05, 3.63) is 35.4 Å². The summed E-state index contributed by atoms with van der Waals surface area (Å²) in [5.74, 6) is 5.48. The lowest BCUT2D eigenvalue weighted by atomic mass is 10.1. The second-order valence-electron chi connectivity index (χ2n) is 3.58. The molecule has 19 heavy (non-hydrogen) atoms. The Morgan fingerprint density at radius 1 is 1.16 bits per heavy atom. The van der Waals surface area contributed by atoms with Crippen LogP contribution in [-0.4, -0.2) is 32.6 Å². The molecule has 0 N–H and O–H groups in total. The van der Waals surface area contributed by atoms with Crippen molar-refractivity contribution >= 4 is 5.97 Å². The summed E-state index contributed by atoms with van der Waals surface area (Å²) in [6, 6.07) is 6.86. The summed E-state index contributed by atoms with van der Waals surface area (Å²) in [5, 5.41) is 0. The first-order valence-corrected chi connectivity index (χ1v) is 6.14. The summed E-state index contributed by atoms with van der Waals surface area (Å²) in [6.07, 6.45) is -0.518. The second-order valence-corrected chi connectivity index (χ2v) is 3.58. The van der Waals surface area contributed by atoms with Gasteiger partial charge in [0.25, 0.3) is 0 Å². The zero-order valence-corrected chi connectivity index (χ0v) is 11.4. The van der Waals surface area contributed by atoms with E-state index in [1.165, 1.54) is 7.11 Å². The van der Waals surface area contributed by atoms with Gasteiger partial charge in [0, 0.05) is 18.8 Å². The smallest absolute Gasteiger partial charge is 0.337 e. The minimum Gasteiger partial charge on any atom is -0.465 e. The van der Waals surface area contributed by atoms with E-state index in [-0.39, 0.29) is 5.97 Å². The summed E-state index contributed by atoms with van der Waals surface area (Å²) in [5.41, 5.74) is 1.29. The van der Waals surface area contributed by atoms with E-state index in [4.69, 9.17) is 9.47 Å². The summed E-state index contributed by atoms with van der Waals surface area (Å²) in [7, 11) is 1.35. The predicted molar refractivity (Wildman–Crippen MR) is 71.7 cm³/mol. The number of hydrogen-bond acceptors (Lipinski definition) is 4. The van der Waals surface area contributed by atoms with Gasteiger partial charge in [-0.15, -0.1) is 0 Å². The number of carbonyl (C=O) groups excluding carboxylic acids is 1. The van der Waals surface area contributed by atoms with Crippen molar-refractivity contribution in [3.63, 3.8) is 0 Å². The molecule has 0 atom stereocenters. The average molecular weight is 262 g/mol. The Labute approximate surface area is 113 Å². The van der Waals surface area contributed by atoms with Crippen molar-refractivity contribution in [2.45, 2.75) is 20.1 Å². The fourth-order valence-electron chi connectivity index (χ4n) is 1.38. The Kier molecular flexibility index (Phi) is 6.65. The SMILES string of the molecule is CCOC(C#Cc1ccc(C(=O)OC)cc1)OCC. The molecule has 0 aliphatic heterocycles. The molecule has 0 heterocycles. The maximum atomic E-state index is 11.3. The standard InChI is InChI=1S/C15H18O4/c1-4-18-14(19-5-2)11-8-12-6-9-13(10-7-12)15(16)17-3/h6-7,9-10,14H,4-5H2,1-3H3. The molecule has 4 heteroatoms. The van der Waals surface area contributed by atoms with Crippen LogP contribution < -0.4 is 0 Å². The summed E-state index contributed by atoms with van der Waals surface area (Å²) < 4.78 is 15.3. The fraction of sp³-hybridized carbons (Fsp3) is 0.400. The lowest BCUT2D eigenvalue weighted by molar-refractivity contribution is -0.0969. The van der Waals surface area contributed by atoms with Gasteiger partial charge in [0.2, 0.25) is 6.29 Å². The van der Waals surface area contributed by atoms with Crippen LogP contribution >= 0.6 is 0 Å². The lowest BCUT2D eigenvalue weighted by Crippen LogP contribution is -2.14. The third-order valence-corrected chi connectivity index (χ3v) is 2.28. The molecule has 0 fully saturated rings. The number of methoxy groups -OCH3 is 1. The molecule has 1 aromatic rings. The number of rotatable bonds is 5. The van der Waals surface area contributed by atoms with Gasteiger partial charge >= 0.3 is 5.97 Å². The highest BCUT2D eigenvalue weighted by Gasteiger charge is 2.04. The summed E-state index contributed by atoms with van der Waals surface area (Å²) in [4.78, 5) is 11.3. The molecule has 0 saturated carbocycles. The van der Waals surface area contributed by atoms with E-state index >= 15 is 0 Å². The highest BCUT2D eigenvalue weighted by molar-refractivity contribution is 5.89. The quantitative estimate of drug-likeness (QED) is 0.464. The van der Waals surface area contributed by atoms with E-state index in [2.05, 4.69) is 16.6 Å². The Hall–Kier alpha value is -1.83. The number of esters is 1. The number of ether oxygens (including phenoxy) is 3. The Morgan fingerprint density at radius 3 is 2.21 bits per heavy atom. The molecule has 1 aromatic carbocycles. The van der Waals surface area contributed by atoms with Gasteiger partial charge in [-0.25, -0.2) is 4.79 Å². The molecule has 0 spiro atoms. The van der Waals surface area contributed by atoms with Gasteiger partial charge in [-0.3, -0.25) is 0 Å². The summed E-state index contributed by atoms with van der Waals surface area (Å²) >= 11 is 0. The van der Waals surface area contributed by atoms with Gasteiger partial charge in [0.1, 0.15) is 0 Å². The molecule has 0 saturated heterocycles. The zero-order chi connectivity index (χ0) is 14.1. The molecule has 1 rings (SSSR count). The minimum atomic E-state index is -0.518. The van der Waals surface area contributed by atoms with Crippen molar-refractivity contribution in [3.8, 4) is 11.8 Å². The molecule has 0 aliphatic rings. The van der Waals surface area contributed by atoms with Crippen LogP contribution in [0, 0.1) is 11.8 Å². The third-order valence-electron chi connectivity index (χ3n) is 2.28. The third kappa shape index (κ3) is 5.12. The van der Waals surface area contributed by atoms with Gasteiger partial charge in [-0.05, 0) is 44.0 Å².